The van der Waals surface area contributed by atoms with Gasteiger partial charge < -0.3 is 9.16 Å². The van der Waals surface area contributed by atoms with E-state index in [0.29, 0.717) is 12.2 Å². The molecule has 158 valence electrons. The van der Waals surface area contributed by atoms with Gasteiger partial charge in [0, 0.05) is 6.42 Å². The third-order valence-electron chi connectivity index (χ3n) is 4.04. The van der Waals surface area contributed by atoms with E-state index in [9.17, 15) is 39.5 Å². The van der Waals surface area contributed by atoms with Crippen LogP contribution in [0.4, 0.5) is 39.5 Å². The molecule has 0 heterocycles. The van der Waals surface area contributed by atoms with Gasteiger partial charge >= 0.3 is 23.9 Å². The predicted molar refractivity (Wildman–Crippen MR) is 81.8 cm³/mol. The predicted octanol–water partition coefficient (Wildman–Crippen LogP) is 5.58. The molecule has 0 aromatic heterocycles. The lowest BCUT2D eigenvalue weighted by Gasteiger charge is -2.49. The minimum atomic E-state index is -6.42. The number of rotatable bonds is 7. The van der Waals surface area contributed by atoms with E-state index in [-0.39, 0.29) is 0 Å². The van der Waals surface area contributed by atoms with Crippen LogP contribution in [0.5, 0.6) is 0 Å². The molecule has 1 saturated carbocycles. The number of alkyl halides is 9. The third kappa shape index (κ3) is 2.86. The standard InChI is InChI=1S/C15H19F9O2Si/c1-6-8-10(25-9-7-2)11(15(22,23)24,26-27(3,4)5)13(18,19)14(20,21)12(10,16)17/h6-7H,1-2,8-9H2,3-5H3. The first-order valence-electron chi connectivity index (χ1n) is 7.59. The van der Waals surface area contributed by atoms with Crippen molar-refractivity contribution in [2.24, 2.45) is 0 Å². The molecule has 0 amide bonds. The lowest BCUT2D eigenvalue weighted by molar-refractivity contribution is -0.375. The van der Waals surface area contributed by atoms with Gasteiger partial charge in [-0.25, -0.2) is 0 Å². The van der Waals surface area contributed by atoms with Crippen molar-refractivity contribution in [3.8, 4) is 0 Å². The van der Waals surface area contributed by atoms with E-state index < -0.39 is 56.5 Å². The Kier molecular flexibility index (Phi) is 5.79. The average Bonchev–Trinajstić information content (AvgIpc) is 2.52. The molecule has 2 unspecified atom stereocenters. The molecular weight excluding hydrogens is 411 g/mol. The monoisotopic (exact) mass is 430 g/mol. The minimum absolute atomic E-state index is 0.378. The van der Waals surface area contributed by atoms with Gasteiger partial charge in [0.05, 0.1) is 6.61 Å². The van der Waals surface area contributed by atoms with Gasteiger partial charge in [-0.1, -0.05) is 12.2 Å². The summed E-state index contributed by atoms with van der Waals surface area (Å²) in [6.45, 7) is 7.75. The second-order valence-electron chi connectivity index (χ2n) is 7.04. The first-order chi connectivity index (χ1) is 11.8. The molecule has 1 rings (SSSR count). The van der Waals surface area contributed by atoms with E-state index in [1.807, 2.05) is 0 Å². The summed E-state index contributed by atoms with van der Waals surface area (Å²) in [5.41, 5.74) is -9.79. The van der Waals surface area contributed by atoms with E-state index in [1.165, 1.54) is 0 Å². The van der Waals surface area contributed by atoms with Crippen molar-refractivity contribution < 1.29 is 48.7 Å². The van der Waals surface area contributed by atoms with E-state index in [1.54, 1.807) is 0 Å². The summed E-state index contributed by atoms with van der Waals surface area (Å²) in [6.07, 6.45) is -6.97. The molecule has 0 saturated heterocycles. The van der Waals surface area contributed by atoms with Crippen molar-refractivity contribution in [2.45, 2.75) is 61.2 Å². The van der Waals surface area contributed by atoms with Crippen LogP contribution in [-0.2, 0) is 9.16 Å². The van der Waals surface area contributed by atoms with Gasteiger partial charge in [-0.3, -0.25) is 0 Å². The number of ether oxygens (including phenoxy) is 1. The lowest BCUT2D eigenvalue weighted by Crippen LogP contribution is -2.74. The Balaban J connectivity index is 4.15. The zero-order valence-corrected chi connectivity index (χ0v) is 15.7. The van der Waals surface area contributed by atoms with Crippen LogP contribution >= 0.6 is 0 Å². The van der Waals surface area contributed by atoms with E-state index in [0.717, 1.165) is 19.6 Å². The maximum Gasteiger partial charge on any atom is 0.425 e. The van der Waals surface area contributed by atoms with Crippen LogP contribution in [0.2, 0.25) is 19.6 Å². The second-order valence-corrected chi connectivity index (χ2v) is 11.5. The first kappa shape index (κ1) is 24.0. The summed E-state index contributed by atoms with van der Waals surface area (Å²) in [5.74, 6) is -18.7. The molecule has 12 heteroatoms. The Morgan fingerprint density at radius 3 is 1.67 bits per heavy atom. The molecule has 0 radical (unpaired) electrons. The maximum atomic E-state index is 14.6. The SMILES string of the molecule is C=CCOC1(CC=C)C(F)(F)C(F)(F)C(F)(F)C1(O[Si](C)(C)C)C(F)(F)F. The fourth-order valence-corrected chi connectivity index (χ4v) is 4.47. The smallest absolute Gasteiger partial charge is 0.397 e. The normalized spacial score (nSPS) is 32.3. The first-order valence-corrected chi connectivity index (χ1v) is 11.0. The Hall–Kier alpha value is -1.01. The summed E-state index contributed by atoms with van der Waals surface area (Å²) in [4.78, 5) is 0. The Morgan fingerprint density at radius 2 is 1.33 bits per heavy atom. The Morgan fingerprint density at radius 1 is 0.852 bits per heavy atom. The van der Waals surface area contributed by atoms with Gasteiger partial charge in [0.25, 0.3) is 5.60 Å². The van der Waals surface area contributed by atoms with Crippen molar-refractivity contribution in [1.82, 2.24) is 0 Å². The van der Waals surface area contributed by atoms with Crippen LogP contribution in [0.25, 0.3) is 0 Å². The molecule has 0 N–H and O–H groups in total. The molecule has 1 fully saturated rings. The number of hydrogen-bond donors (Lipinski definition) is 0. The quantitative estimate of drug-likeness (QED) is 0.298. The summed E-state index contributed by atoms with van der Waals surface area (Å²) < 4.78 is 138. The van der Waals surface area contributed by atoms with Gasteiger partial charge in [0.2, 0.25) is 0 Å². The summed E-state index contributed by atoms with van der Waals surface area (Å²) in [6, 6.07) is 0. The van der Waals surface area contributed by atoms with E-state index in [4.69, 9.17) is 0 Å². The Bertz CT molecular complexity index is 597. The summed E-state index contributed by atoms with van der Waals surface area (Å²) in [5, 5.41) is 0. The molecule has 0 spiro atoms. The van der Waals surface area contributed by atoms with Gasteiger partial charge in [-0.15, -0.1) is 13.2 Å². The van der Waals surface area contributed by atoms with Crippen molar-refractivity contribution >= 4 is 8.32 Å². The molecule has 1 aliphatic rings. The van der Waals surface area contributed by atoms with Crippen molar-refractivity contribution in [2.75, 3.05) is 6.61 Å². The molecule has 0 aromatic rings. The van der Waals surface area contributed by atoms with Crippen LogP contribution in [0.1, 0.15) is 6.42 Å². The van der Waals surface area contributed by atoms with Crippen LogP contribution in [0.15, 0.2) is 25.3 Å². The second kappa shape index (κ2) is 6.51. The minimum Gasteiger partial charge on any atom is -0.397 e. The zero-order valence-electron chi connectivity index (χ0n) is 14.7. The van der Waals surface area contributed by atoms with Crippen molar-refractivity contribution in [1.29, 1.82) is 0 Å². The van der Waals surface area contributed by atoms with Gasteiger partial charge in [0.15, 0.2) is 13.9 Å². The maximum absolute atomic E-state index is 14.6. The molecule has 0 aromatic carbocycles. The van der Waals surface area contributed by atoms with Crippen LogP contribution in [-0.4, -0.2) is 50.1 Å². The van der Waals surface area contributed by atoms with Gasteiger partial charge in [-0.2, -0.15) is 39.5 Å². The summed E-state index contributed by atoms with van der Waals surface area (Å²) >= 11 is 0. The molecule has 1 aliphatic carbocycles. The highest BCUT2D eigenvalue weighted by molar-refractivity contribution is 6.69. The molecule has 0 aliphatic heterocycles. The molecular formula is C15H19F9O2Si. The highest BCUT2D eigenvalue weighted by Crippen LogP contribution is 2.73. The fraction of sp³-hybridized carbons (Fsp3) is 0.733. The largest absolute Gasteiger partial charge is 0.425 e. The van der Waals surface area contributed by atoms with Crippen molar-refractivity contribution in [3.05, 3.63) is 25.3 Å². The molecule has 27 heavy (non-hydrogen) atoms. The summed E-state index contributed by atoms with van der Waals surface area (Å²) in [7, 11) is -3.78. The lowest BCUT2D eigenvalue weighted by atomic mass is 9.79. The highest BCUT2D eigenvalue weighted by Gasteiger charge is 3.03. The highest BCUT2D eigenvalue weighted by atomic mass is 28.4. The van der Waals surface area contributed by atoms with Crippen LogP contribution < -0.4 is 0 Å². The van der Waals surface area contributed by atoms with E-state index >= 15 is 0 Å². The average molecular weight is 430 g/mol. The topological polar surface area (TPSA) is 18.5 Å². The van der Waals surface area contributed by atoms with Gasteiger partial charge in [-0.05, 0) is 19.6 Å². The van der Waals surface area contributed by atoms with Crippen LogP contribution in [0, 0.1) is 0 Å². The fourth-order valence-electron chi connectivity index (χ4n) is 3.14. The number of halogens is 9. The van der Waals surface area contributed by atoms with Crippen molar-refractivity contribution in [3.63, 3.8) is 0 Å². The zero-order chi connectivity index (χ0) is 21.7. The molecule has 2 atom stereocenters. The van der Waals surface area contributed by atoms with E-state index in [2.05, 4.69) is 22.3 Å². The number of hydrogen-bond acceptors (Lipinski definition) is 2. The van der Waals surface area contributed by atoms with Gasteiger partial charge in [0.1, 0.15) is 0 Å². The molecule has 0 bridgehead atoms. The van der Waals surface area contributed by atoms with Crippen LogP contribution in [0.3, 0.4) is 0 Å². The third-order valence-corrected chi connectivity index (χ3v) is 4.96. The Labute approximate surface area is 151 Å². The molecule has 2 nitrogen and oxygen atoms in total.